The maximum Gasteiger partial charge on any atom is 0.573 e. The van der Waals surface area contributed by atoms with Gasteiger partial charge in [0, 0.05) is 78.6 Å². The number of rotatable bonds is 15. The van der Waals surface area contributed by atoms with E-state index < -0.39 is 38.9 Å². The zero-order chi connectivity index (χ0) is 42.2. The minimum atomic E-state index is -4.88. The lowest BCUT2D eigenvalue weighted by atomic mass is 10.0. The van der Waals surface area contributed by atoms with E-state index >= 15 is 0 Å². The van der Waals surface area contributed by atoms with Gasteiger partial charge in [0.15, 0.2) is 0 Å². The third-order valence-corrected chi connectivity index (χ3v) is 11.4. The van der Waals surface area contributed by atoms with E-state index in [1.165, 1.54) is 48.4 Å². The molecule has 0 aliphatic carbocycles. The summed E-state index contributed by atoms with van der Waals surface area (Å²) < 4.78 is 120. The molecule has 1 aromatic heterocycles. The second-order valence-electron chi connectivity index (χ2n) is 13.3. The number of hydrogen-bond donors (Lipinski definition) is 2. The Balaban J connectivity index is 1.06. The first kappa shape index (κ1) is 43.1. The number of carbonyl (C=O) groups excluding carboxylic acids is 1. The highest BCUT2D eigenvalue weighted by molar-refractivity contribution is 7.99. The minimum Gasteiger partial charge on any atom is -0.492 e. The van der Waals surface area contributed by atoms with Crippen LogP contribution in [0.1, 0.15) is 28.4 Å². The third kappa shape index (κ3) is 12.0. The molecular formula is C41H39F6N5O5S2. The standard InChI is InChI=1S/C41H39F6N5O5S2/c1-2-56-34-23-31(25-48-26-34)30-20-28(21-33(22-30)57-41(45,46)47)27-51-15-17-52(18-16-51)32-10-8-29(9-11-32)39(53)50-59(54,55)36-12-13-38(37(24-36)40(42,43)44)49-14-19-58-35-6-4-3-5-7-35/h3-13,20-26,49H,2,14-19,27H2,1H3,(H,50,53). The summed E-state index contributed by atoms with van der Waals surface area (Å²) in [6.45, 7) is 4.87. The molecule has 1 aliphatic heterocycles. The van der Waals surface area contributed by atoms with Crippen LogP contribution in [0.3, 0.4) is 0 Å². The van der Waals surface area contributed by atoms with Crippen LogP contribution in [0.4, 0.5) is 37.7 Å². The van der Waals surface area contributed by atoms with E-state index in [0.29, 0.717) is 73.6 Å². The first-order chi connectivity index (χ1) is 28.1. The van der Waals surface area contributed by atoms with Crippen LogP contribution in [0.5, 0.6) is 11.5 Å². The van der Waals surface area contributed by atoms with Crippen LogP contribution >= 0.6 is 11.8 Å². The Morgan fingerprint density at radius 3 is 2.22 bits per heavy atom. The predicted octanol–water partition coefficient (Wildman–Crippen LogP) is 8.71. The van der Waals surface area contributed by atoms with Crippen LogP contribution < -0.4 is 24.4 Å². The number of piperazine rings is 1. The number of sulfonamides is 1. The summed E-state index contributed by atoms with van der Waals surface area (Å²) in [7, 11) is -4.69. The number of carbonyl (C=O) groups is 1. The summed E-state index contributed by atoms with van der Waals surface area (Å²) >= 11 is 1.45. The quantitative estimate of drug-likeness (QED) is 0.0603. The molecule has 0 saturated carbocycles. The van der Waals surface area contributed by atoms with E-state index in [2.05, 4.69) is 19.9 Å². The van der Waals surface area contributed by atoms with E-state index in [1.54, 1.807) is 24.3 Å². The molecule has 1 fully saturated rings. The van der Waals surface area contributed by atoms with Crippen LogP contribution in [-0.2, 0) is 22.7 Å². The average Bonchev–Trinajstić information content (AvgIpc) is 3.19. The number of alkyl halides is 6. The van der Waals surface area contributed by atoms with Gasteiger partial charge >= 0.3 is 12.5 Å². The Morgan fingerprint density at radius 1 is 0.831 bits per heavy atom. The molecule has 0 radical (unpaired) electrons. The Bertz CT molecular complexity index is 2320. The highest BCUT2D eigenvalue weighted by Crippen LogP contribution is 2.37. The SMILES string of the molecule is CCOc1cncc(-c2cc(CN3CCN(c4ccc(C(=O)NS(=O)(=O)c5ccc(NCCSc6ccccc6)c(C(F)(F)F)c5)cc4)CC3)cc(OC(F)(F)F)c2)c1. The number of benzene rings is 4. The van der Waals surface area contributed by atoms with Crippen molar-refractivity contribution in [1.82, 2.24) is 14.6 Å². The lowest BCUT2D eigenvalue weighted by molar-refractivity contribution is -0.274. The van der Waals surface area contributed by atoms with E-state index in [9.17, 15) is 39.6 Å². The Kier molecular flexibility index (Phi) is 13.6. The monoisotopic (exact) mass is 859 g/mol. The van der Waals surface area contributed by atoms with Crippen molar-refractivity contribution in [1.29, 1.82) is 0 Å². The minimum absolute atomic E-state index is 0.0278. The van der Waals surface area contributed by atoms with Gasteiger partial charge in [-0.05, 0) is 96.9 Å². The molecule has 1 amide bonds. The van der Waals surface area contributed by atoms with Crippen molar-refractivity contribution >= 4 is 39.1 Å². The number of amides is 1. The smallest absolute Gasteiger partial charge is 0.492 e. The fraction of sp³-hybridized carbons (Fsp3) is 0.268. The van der Waals surface area contributed by atoms with Crippen molar-refractivity contribution in [3.8, 4) is 22.6 Å². The maximum absolute atomic E-state index is 14.0. The second kappa shape index (κ2) is 18.6. The highest BCUT2D eigenvalue weighted by atomic mass is 32.2. The van der Waals surface area contributed by atoms with Crippen molar-refractivity contribution in [2.75, 3.05) is 55.3 Å². The van der Waals surface area contributed by atoms with Crippen LogP contribution in [0.15, 0.2) is 119 Å². The molecule has 10 nitrogen and oxygen atoms in total. The van der Waals surface area contributed by atoms with E-state index in [0.717, 1.165) is 22.7 Å². The first-order valence-corrected chi connectivity index (χ1v) is 20.8. The van der Waals surface area contributed by atoms with Crippen molar-refractivity contribution < 1.29 is 49.0 Å². The van der Waals surface area contributed by atoms with Gasteiger partial charge < -0.3 is 19.7 Å². The van der Waals surface area contributed by atoms with Crippen molar-refractivity contribution in [3.63, 3.8) is 0 Å². The Labute approximate surface area is 341 Å². The Morgan fingerprint density at radius 2 is 1.54 bits per heavy atom. The molecule has 312 valence electrons. The lowest BCUT2D eigenvalue weighted by Gasteiger charge is -2.36. The van der Waals surface area contributed by atoms with Crippen LogP contribution in [-0.4, -0.2) is 75.7 Å². The van der Waals surface area contributed by atoms with Gasteiger partial charge in [0.2, 0.25) is 0 Å². The first-order valence-electron chi connectivity index (χ1n) is 18.3. The number of hydrogen-bond acceptors (Lipinski definition) is 10. The largest absolute Gasteiger partial charge is 0.573 e. The summed E-state index contributed by atoms with van der Waals surface area (Å²) in [4.78, 5) is 21.5. The Hall–Kier alpha value is -5.46. The molecule has 5 aromatic rings. The third-order valence-electron chi connectivity index (χ3n) is 9.09. The van der Waals surface area contributed by atoms with E-state index in [4.69, 9.17) is 4.74 Å². The number of thioether (sulfide) groups is 1. The molecule has 2 N–H and O–H groups in total. The average molecular weight is 860 g/mol. The molecule has 18 heteroatoms. The molecule has 6 rings (SSSR count). The van der Waals surface area contributed by atoms with Gasteiger partial charge in [-0.1, -0.05) is 18.2 Å². The van der Waals surface area contributed by atoms with Crippen molar-refractivity contribution in [3.05, 3.63) is 126 Å². The summed E-state index contributed by atoms with van der Waals surface area (Å²) in [6, 6.07) is 24.1. The van der Waals surface area contributed by atoms with E-state index in [1.807, 2.05) is 46.9 Å². The molecule has 1 aliphatic rings. The number of halogens is 6. The van der Waals surface area contributed by atoms with Gasteiger partial charge in [-0.15, -0.1) is 24.9 Å². The lowest BCUT2D eigenvalue weighted by Crippen LogP contribution is -2.46. The highest BCUT2D eigenvalue weighted by Gasteiger charge is 2.35. The molecule has 1 saturated heterocycles. The number of ether oxygens (including phenoxy) is 2. The fourth-order valence-electron chi connectivity index (χ4n) is 6.37. The molecule has 2 heterocycles. The molecule has 0 unspecified atom stereocenters. The van der Waals surface area contributed by atoms with Gasteiger partial charge in [0.1, 0.15) is 11.5 Å². The second-order valence-corrected chi connectivity index (χ2v) is 16.1. The molecule has 59 heavy (non-hydrogen) atoms. The van der Waals surface area contributed by atoms with E-state index in [-0.39, 0.29) is 23.5 Å². The number of pyridine rings is 1. The summed E-state index contributed by atoms with van der Waals surface area (Å²) in [5, 5.41) is 2.73. The maximum atomic E-state index is 14.0. The van der Waals surface area contributed by atoms with Crippen molar-refractivity contribution in [2.24, 2.45) is 0 Å². The fourth-order valence-corrected chi connectivity index (χ4v) is 8.16. The van der Waals surface area contributed by atoms with Gasteiger partial charge in [-0.2, -0.15) is 13.2 Å². The molecule has 0 bridgehead atoms. The predicted molar refractivity (Wildman–Crippen MR) is 213 cm³/mol. The molecule has 0 spiro atoms. The number of nitrogens with zero attached hydrogens (tertiary/aromatic N) is 3. The summed E-state index contributed by atoms with van der Waals surface area (Å²) in [5.74, 6) is -0.443. The van der Waals surface area contributed by atoms with Crippen LogP contribution in [0.2, 0.25) is 0 Å². The van der Waals surface area contributed by atoms with Gasteiger partial charge in [-0.3, -0.25) is 14.7 Å². The van der Waals surface area contributed by atoms with Gasteiger partial charge in [0.05, 0.1) is 23.3 Å². The molecule has 4 aromatic carbocycles. The van der Waals surface area contributed by atoms with Gasteiger partial charge in [0.25, 0.3) is 15.9 Å². The normalized spacial score (nSPS) is 13.8. The van der Waals surface area contributed by atoms with Crippen molar-refractivity contribution in [2.45, 2.75) is 35.8 Å². The number of aromatic nitrogens is 1. The number of nitrogens with one attached hydrogen (secondary N) is 2. The molecule has 0 atom stereocenters. The topological polar surface area (TPSA) is 113 Å². The van der Waals surface area contributed by atoms with Gasteiger partial charge in [-0.25, -0.2) is 13.1 Å². The van der Waals surface area contributed by atoms with Crippen LogP contribution in [0, 0.1) is 0 Å². The van der Waals surface area contributed by atoms with Crippen LogP contribution in [0.25, 0.3) is 11.1 Å². The summed E-state index contributed by atoms with van der Waals surface area (Å²) in [5.41, 5.74) is 0.868. The number of anilines is 2. The zero-order valence-electron chi connectivity index (χ0n) is 31.5. The summed E-state index contributed by atoms with van der Waals surface area (Å²) in [6.07, 6.45) is -6.71. The zero-order valence-corrected chi connectivity index (χ0v) is 33.1. The molecular weight excluding hydrogens is 821 g/mol.